The second-order valence-electron chi connectivity index (χ2n) is 7.01. The molecular formula is C23H32O6Si. The molecule has 0 bridgehead atoms. The van der Waals surface area contributed by atoms with Gasteiger partial charge in [-0.25, -0.2) is 9.59 Å². The van der Waals surface area contributed by atoms with Gasteiger partial charge in [-0.1, -0.05) is 24.8 Å². The van der Waals surface area contributed by atoms with Gasteiger partial charge >= 0.3 is 11.9 Å². The fraction of sp³-hybridized carbons (Fsp3) is 0.478. The Kier molecular flexibility index (Phi) is 9.83. The smallest absolute Gasteiger partial charge is 0.345 e. The predicted molar refractivity (Wildman–Crippen MR) is 119 cm³/mol. The molecule has 1 aromatic rings. The lowest BCUT2D eigenvalue weighted by atomic mass is 10.1. The summed E-state index contributed by atoms with van der Waals surface area (Å²) in [5.74, 6) is -0.683. The Hall–Kier alpha value is -2.38. The van der Waals surface area contributed by atoms with Gasteiger partial charge in [0.15, 0.2) is 0 Å². The normalized spacial score (nSPS) is 19.0. The van der Waals surface area contributed by atoms with E-state index in [4.69, 9.17) is 18.9 Å². The molecule has 0 aliphatic carbocycles. The molecular weight excluding hydrogens is 400 g/mol. The van der Waals surface area contributed by atoms with Crippen LogP contribution in [-0.4, -0.2) is 53.1 Å². The minimum Gasteiger partial charge on any atom is -0.490 e. The molecule has 1 saturated heterocycles. The highest BCUT2D eigenvalue weighted by atomic mass is 28.2. The monoisotopic (exact) mass is 432 g/mol. The highest BCUT2D eigenvalue weighted by Gasteiger charge is 2.28. The van der Waals surface area contributed by atoms with Crippen molar-refractivity contribution in [1.82, 2.24) is 0 Å². The van der Waals surface area contributed by atoms with E-state index in [0.717, 1.165) is 19.4 Å². The quantitative estimate of drug-likeness (QED) is 0.141. The standard InChI is InChI=1S/C23H32O6Si/c1-4-26-21(24)20(22(25)27-5-2)17-18-9-11-19(12-10-18)28-15-8-14-23(30-3)13-6-7-16-29-23/h8-12,14,17H,4-7,13,15-16,30H2,1-3H3. The molecule has 0 spiro atoms. The first-order valence-electron chi connectivity index (χ1n) is 10.6. The van der Waals surface area contributed by atoms with Gasteiger partial charge in [0.25, 0.3) is 0 Å². The summed E-state index contributed by atoms with van der Waals surface area (Å²) >= 11 is 0. The minimum atomic E-state index is -0.695. The van der Waals surface area contributed by atoms with E-state index >= 15 is 0 Å². The summed E-state index contributed by atoms with van der Waals surface area (Å²) in [6.45, 7) is 7.33. The topological polar surface area (TPSA) is 71.1 Å². The van der Waals surface area contributed by atoms with Crippen molar-refractivity contribution < 1.29 is 28.5 Å². The molecule has 1 atom stereocenters. The van der Waals surface area contributed by atoms with Gasteiger partial charge in [-0.2, -0.15) is 0 Å². The highest BCUT2D eigenvalue weighted by molar-refractivity contribution is 6.38. The summed E-state index contributed by atoms with van der Waals surface area (Å²) in [5.41, 5.74) is 0.553. The Bertz CT molecular complexity index is 727. The van der Waals surface area contributed by atoms with Crippen LogP contribution in [0.3, 0.4) is 0 Å². The van der Waals surface area contributed by atoms with Gasteiger partial charge in [0.2, 0.25) is 0 Å². The molecule has 1 fully saturated rings. The Balaban J connectivity index is 1.99. The molecule has 1 unspecified atom stereocenters. The van der Waals surface area contributed by atoms with Gasteiger partial charge in [0.05, 0.1) is 28.0 Å². The van der Waals surface area contributed by atoms with Crippen molar-refractivity contribution in [3.05, 3.63) is 47.6 Å². The number of carbonyl (C=O) groups is 2. The van der Waals surface area contributed by atoms with Gasteiger partial charge in [0, 0.05) is 6.61 Å². The zero-order valence-corrected chi connectivity index (χ0v) is 19.6. The van der Waals surface area contributed by atoms with E-state index in [9.17, 15) is 9.59 Å². The molecule has 0 aromatic heterocycles. The Morgan fingerprint density at radius 3 is 2.30 bits per heavy atom. The van der Waals surface area contributed by atoms with Crippen molar-refractivity contribution in [3.63, 3.8) is 0 Å². The van der Waals surface area contributed by atoms with E-state index in [1.165, 1.54) is 12.5 Å². The van der Waals surface area contributed by atoms with Crippen LogP contribution >= 0.6 is 0 Å². The molecule has 7 heteroatoms. The Labute approximate surface area is 181 Å². The van der Waals surface area contributed by atoms with E-state index in [1.54, 1.807) is 38.1 Å². The fourth-order valence-corrected chi connectivity index (χ4v) is 4.61. The largest absolute Gasteiger partial charge is 0.490 e. The van der Waals surface area contributed by atoms with Crippen LogP contribution in [0, 0.1) is 0 Å². The van der Waals surface area contributed by atoms with E-state index < -0.39 is 11.9 Å². The van der Waals surface area contributed by atoms with Crippen LogP contribution in [0.4, 0.5) is 0 Å². The van der Waals surface area contributed by atoms with Gasteiger partial charge in [0.1, 0.15) is 17.9 Å². The van der Waals surface area contributed by atoms with Crippen molar-refractivity contribution in [2.24, 2.45) is 0 Å². The van der Waals surface area contributed by atoms with Gasteiger partial charge in [-0.3, -0.25) is 0 Å². The van der Waals surface area contributed by atoms with Gasteiger partial charge < -0.3 is 18.9 Å². The van der Waals surface area contributed by atoms with E-state index in [0.29, 0.717) is 17.9 Å². The number of ether oxygens (including phenoxy) is 4. The molecule has 1 aliphatic heterocycles. The summed E-state index contributed by atoms with van der Waals surface area (Å²) < 4.78 is 21.7. The van der Waals surface area contributed by atoms with Crippen LogP contribution in [0.5, 0.6) is 5.75 Å². The van der Waals surface area contributed by atoms with Crippen LogP contribution in [0.2, 0.25) is 6.55 Å². The molecule has 30 heavy (non-hydrogen) atoms. The predicted octanol–water partition coefficient (Wildman–Crippen LogP) is 3.24. The van der Waals surface area contributed by atoms with Crippen LogP contribution < -0.4 is 4.74 Å². The Morgan fingerprint density at radius 1 is 1.10 bits per heavy atom. The first-order valence-corrected chi connectivity index (χ1v) is 12.8. The first-order chi connectivity index (χ1) is 14.5. The van der Waals surface area contributed by atoms with E-state index in [-0.39, 0.29) is 33.5 Å². The van der Waals surface area contributed by atoms with Crippen molar-refractivity contribution >= 4 is 27.5 Å². The third-order valence-corrected chi connectivity index (χ3v) is 6.92. The summed E-state index contributed by atoms with van der Waals surface area (Å²) in [4.78, 5) is 24.1. The lowest BCUT2D eigenvalue weighted by molar-refractivity contribution is -0.146. The summed E-state index contributed by atoms with van der Waals surface area (Å²) in [7, 11) is -0.314. The second kappa shape index (κ2) is 12.3. The van der Waals surface area contributed by atoms with E-state index in [2.05, 4.69) is 12.6 Å². The van der Waals surface area contributed by atoms with Crippen molar-refractivity contribution in [2.75, 3.05) is 26.4 Å². The van der Waals surface area contributed by atoms with Crippen LogP contribution in [0.25, 0.3) is 6.08 Å². The molecule has 0 amide bonds. The molecule has 1 heterocycles. The molecule has 2 rings (SSSR count). The lowest BCUT2D eigenvalue weighted by Crippen LogP contribution is -2.39. The van der Waals surface area contributed by atoms with Crippen molar-refractivity contribution in [2.45, 2.75) is 44.9 Å². The van der Waals surface area contributed by atoms with Crippen molar-refractivity contribution in [3.8, 4) is 5.75 Å². The minimum absolute atomic E-state index is 0.0210. The van der Waals surface area contributed by atoms with Crippen LogP contribution in [0.1, 0.15) is 38.7 Å². The molecule has 164 valence electrons. The lowest BCUT2D eigenvalue weighted by Gasteiger charge is -2.33. The third-order valence-electron chi connectivity index (χ3n) is 4.93. The number of benzene rings is 1. The number of rotatable bonds is 10. The average molecular weight is 433 g/mol. The zero-order valence-electron chi connectivity index (χ0n) is 18.1. The molecule has 0 saturated carbocycles. The van der Waals surface area contributed by atoms with Crippen molar-refractivity contribution in [1.29, 1.82) is 0 Å². The molecule has 6 nitrogen and oxygen atoms in total. The molecule has 1 aliphatic rings. The average Bonchev–Trinajstić information content (AvgIpc) is 2.77. The number of carbonyl (C=O) groups excluding carboxylic acids is 2. The summed E-state index contributed by atoms with van der Waals surface area (Å²) in [6.07, 6.45) is 9.16. The summed E-state index contributed by atoms with van der Waals surface area (Å²) in [6, 6.07) is 7.16. The summed E-state index contributed by atoms with van der Waals surface area (Å²) in [5, 5.41) is -0.0210. The molecule has 0 radical (unpaired) electrons. The molecule has 1 aromatic carbocycles. The van der Waals surface area contributed by atoms with Crippen LogP contribution in [-0.2, 0) is 23.8 Å². The molecule has 0 N–H and O–H groups in total. The van der Waals surface area contributed by atoms with Gasteiger partial charge in [-0.05, 0) is 63.0 Å². The SMILES string of the molecule is CCOC(=O)C(=Cc1ccc(OCC=CC2([SiH2]C)CCCCO2)cc1)C(=O)OCC. The maximum absolute atomic E-state index is 12.1. The zero-order chi connectivity index (χ0) is 21.8. The second-order valence-corrected chi connectivity index (χ2v) is 8.91. The first kappa shape index (κ1) is 23.9. The number of hydrogen-bond acceptors (Lipinski definition) is 6. The number of esters is 2. The Morgan fingerprint density at radius 2 is 1.77 bits per heavy atom. The fourth-order valence-electron chi connectivity index (χ4n) is 3.26. The maximum Gasteiger partial charge on any atom is 0.345 e. The van der Waals surface area contributed by atoms with E-state index in [1.807, 2.05) is 6.08 Å². The number of hydrogen-bond donors (Lipinski definition) is 0. The third kappa shape index (κ3) is 7.14. The highest BCUT2D eigenvalue weighted by Crippen LogP contribution is 2.25. The van der Waals surface area contributed by atoms with Gasteiger partial charge in [-0.15, -0.1) is 0 Å². The van der Waals surface area contributed by atoms with Crippen LogP contribution in [0.15, 0.2) is 42.0 Å². The maximum atomic E-state index is 12.1.